The van der Waals surface area contributed by atoms with Gasteiger partial charge in [0.1, 0.15) is 0 Å². The minimum Gasteiger partial charge on any atom is -0.303 e. The number of hydrogen-bond acceptors (Lipinski definition) is 3. The molecule has 108 valence electrons. The summed E-state index contributed by atoms with van der Waals surface area (Å²) >= 11 is 7.10. The Labute approximate surface area is 129 Å². The van der Waals surface area contributed by atoms with E-state index in [1.165, 1.54) is 24.0 Å². The summed E-state index contributed by atoms with van der Waals surface area (Å²) in [6.07, 6.45) is 3.64. The molecule has 1 aliphatic rings. The first-order valence-corrected chi connectivity index (χ1v) is 8.37. The Morgan fingerprint density at radius 2 is 2.20 bits per heavy atom. The van der Waals surface area contributed by atoms with Gasteiger partial charge >= 0.3 is 0 Å². The highest BCUT2D eigenvalue weighted by atomic mass is 32.1. The molecule has 0 radical (unpaired) electrons. The van der Waals surface area contributed by atoms with Gasteiger partial charge in [-0.3, -0.25) is 5.10 Å². The fourth-order valence-electron chi connectivity index (χ4n) is 3.03. The quantitative estimate of drug-likeness (QED) is 0.794. The summed E-state index contributed by atoms with van der Waals surface area (Å²) in [5.41, 5.74) is 3.16. The summed E-state index contributed by atoms with van der Waals surface area (Å²) in [5.74, 6) is 1.76. The van der Waals surface area contributed by atoms with E-state index in [0.717, 1.165) is 18.2 Å². The Morgan fingerprint density at radius 3 is 2.80 bits per heavy atom. The van der Waals surface area contributed by atoms with Crippen LogP contribution in [0.3, 0.4) is 0 Å². The summed E-state index contributed by atoms with van der Waals surface area (Å²) in [5, 5.41) is 9.52. The van der Waals surface area contributed by atoms with E-state index < -0.39 is 0 Å². The molecule has 0 spiro atoms. The van der Waals surface area contributed by atoms with Crippen LogP contribution in [0.15, 0.2) is 5.38 Å². The van der Waals surface area contributed by atoms with Gasteiger partial charge in [0.05, 0.1) is 0 Å². The van der Waals surface area contributed by atoms with Gasteiger partial charge in [0.2, 0.25) is 0 Å². The van der Waals surface area contributed by atoms with E-state index in [1.807, 2.05) is 23.0 Å². The SMILES string of the molecule is Cn1c(-c2csc3c2CCC(C(C)(C)C)C3)n[nH]c1=S. The van der Waals surface area contributed by atoms with Crippen molar-refractivity contribution in [2.75, 3.05) is 0 Å². The first-order valence-electron chi connectivity index (χ1n) is 7.09. The van der Waals surface area contributed by atoms with Gasteiger partial charge in [0, 0.05) is 22.9 Å². The Hall–Kier alpha value is -0.940. The van der Waals surface area contributed by atoms with Gasteiger partial charge in [0.15, 0.2) is 10.6 Å². The van der Waals surface area contributed by atoms with Crippen molar-refractivity contribution in [1.29, 1.82) is 0 Å². The van der Waals surface area contributed by atoms with Crippen LogP contribution in [0.25, 0.3) is 11.4 Å². The molecule has 0 aromatic carbocycles. The second kappa shape index (κ2) is 4.81. The first-order chi connectivity index (χ1) is 9.38. The minimum absolute atomic E-state index is 0.395. The van der Waals surface area contributed by atoms with Crippen molar-refractivity contribution >= 4 is 23.6 Å². The molecule has 2 heterocycles. The molecule has 2 aromatic heterocycles. The fourth-order valence-corrected chi connectivity index (χ4v) is 4.32. The first kappa shape index (κ1) is 14.0. The van der Waals surface area contributed by atoms with E-state index in [1.54, 1.807) is 4.88 Å². The van der Waals surface area contributed by atoms with E-state index >= 15 is 0 Å². The van der Waals surface area contributed by atoms with Crippen LogP contribution in [-0.2, 0) is 19.9 Å². The molecule has 5 heteroatoms. The van der Waals surface area contributed by atoms with Gasteiger partial charge in [-0.15, -0.1) is 11.3 Å². The molecule has 0 saturated carbocycles. The van der Waals surface area contributed by atoms with Gasteiger partial charge in [-0.1, -0.05) is 20.8 Å². The minimum atomic E-state index is 0.395. The number of thiophene rings is 1. The molecule has 3 rings (SSSR count). The zero-order chi connectivity index (χ0) is 14.5. The summed E-state index contributed by atoms with van der Waals surface area (Å²) in [6.45, 7) is 7.07. The highest BCUT2D eigenvalue weighted by Gasteiger charge is 2.31. The average molecular weight is 307 g/mol. The van der Waals surface area contributed by atoms with E-state index in [9.17, 15) is 0 Å². The lowest BCUT2D eigenvalue weighted by Gasteiger charge is -2.34. The zero-order valence-electron chi connectivity index (χ0n) is 12.5. The lowest BCUT2D eigenvalue weighted by atomic mass is 9.72. The standard InChI is InChI=1S/C15H21N3S2/c1-15(2,3)9-5-6-10-11(8-20-12(10)7-9)13-16-17-14(19)18(13)4/h8-9H,5-7H2,1-4H3,(H,17,19). The lowest BCUT2D eigenvalue weighted by molar-refractivity contribution is 0.218. The van der Waals surface area contributed by atoms with Gasteiger partial charge in [-0.2, -0.15) is 5.10 Å². The van der Waals surface area contributed by atoms with Crippen LogP contribution in [0, 0.1) is 16.1 Å². The number of nitrogens with one attached hydrogen (secondary N) is 1. The highest BCUT2D eigenvalue weighted by Crippen LogP contribution is 2.42. The average Bonchev–Trinajstić information content (AvgIpc) is 2.93. The molecule has 0 saturated heterocycles. The number of hydrogen-bond donors (Lipinski definition) is 1. The molecule has 2 aromatic rings. The lowest BCUT2D eigenvalue weighted by Crippen LogP contribution is -2.26. The van der Waals surface area contributed by atoms with Gasteiger partial charge in [0.25, 0.3) is 0 Å². The topological polar surface area (TPSA) is 33.6 Å². The normalized spacial score (nSPS) is 19.1. The van der Waals surface area contributed by atoms with Gasteiger partial charge in [-0.25, -0.2) is 0 Å². The number of aromatic amines is 1. The maximum absolute atomic E-state index is 5.22. The van der Waals surface area contributed by atoms with Crippen LogP contribution in [0.1, 0.15) is 37.6 Å². The van der Waals surface area contributed by atoms with E-state index in [2.05, 4.69) is 36.3 Å². The van der Waals surface area contributed by atoms with Gasteiger partial charge in [-0.05, 0) is 48.4 Å². The van der Waals surface area contributed by atoms with Crippen LogP contribution < -0.4 is 0 Å². The summed E-state index contributed by atoms with van der Waals surface area (Å²) in [4.78, 5) is 1.54. The van der Waals surface area contributed by atoms with Crippen LogP contribution in [0.5, 0.6) is 0 Å². The molecule has 20 heavy (non-hydrogen) atoms. The number of nitrogens with zero attached hydrogens (tertiary/aromatic N) is 2. The van der Waals surface area contributed by atoms with E-state index in [-0.39, 0.29) is 0 Å². The summed E-state index contributed by atoms with van der Waals surface area (Å²) in [6, 6.07) is 0. The molecule has 0 amide bonds. The third-order valence-electron chi connectivity index (χ3n) is 4.50. The van der Waals surface area contributed by atoms with Crippen LogP contribution in [0.2, 0.25) is 0 Å². The predicted octanol–water partition coefficient (Wildman–Crippen LogP) is 4.36. The second-order valence-electron chi connectivity index (χ2n) is 6.77. The molecule has 1 atom stereocenters. The van der Waals surface area contributed by atoms with Crippen molar-refractivity contribution in [3.8, 4) is 11.4 Å². The van der Waals surface area contributed by atoms with Crippen molar-refractivity contribution < 1.29 is 0 Å². The van der Waals surface area contributed by atoms with Crippen molar-refractivity contribution in [3.63, 3.8) is 0 Å². The smallest absolute Gasteiger partial charge is 0.195 e. The third-order valence-corrected chi connectivity index (χ3v) is 5.92. The number of H-pyrrole nitrogens is 1. The summed E-state index contributed by atoms with van der Waals surface area (Å²) < 4.78 is 2.65. The van der Waals surface area contributed by atoms with Crippen LogP contribution in [-0.4, -0.2) is 14.8 Å². The molecule has 0 fully saturated rings. The maximum atomic E-state index is 5.22. The Balaban J connectivity index is 1.98. The highest BCUT2D eigenvalue weighted by molar-refractivity contribution is 7.71. The monoisotopic (exact) mass is 307 g/mol. The molecule has 1 N–H and O–H groups in total. The fraction of sp³-hybridized carbons (Fsp3) is 0.600. The maximum Gasteiger partial charge on any atom is 0.195 e. The van der Waals surface area contributed by atoms with Crippen LogP contribution >= 0.6 is 23.6 Å². The molecule has 1 aliphatic carbocycles. The number of aromatic nitrogens is 3. The molecule has 3 nitrogen and oxygen atoms in total. The van der Waals surface area contributed by atoms with Gasteiger partial charge < -0.3 is 4.57 Å². The third kappa shape index (κ3) is 2.27. The summed E-state index contributed by atoms with van der Waals surface area (Å²) in [7, 11) is 1.98. The molecular weight excluding hydrogens is 286 g/mol. The number of fused-ring (bicyclic) bond motifs is 1. The number of rotatable bonds is 1. The Morgan fingerprint density at radius 1 is 1.45 bits per heavy atom. The molecular formula is C15H21N3S2. The largest absolute Gasteiger partial charge is 0.303 e. The Bertz CT molecular complexity index is 685. The second-order valence-corrected chi connectivity index (χ2v) is 8.12. The van der Waals surface area contributed by atoms with Crippen molar-refractivity contribution in [1.82, 2.24) is 14.8 Å². The molecule has 0 bridgehead atoms. The van der Waals surface area contributed by atoms with E-state index in [0.29, 0.717) is 10.2 Å². The van der Waals surface area contributed by atoms with Crippen molar-refractivity contribution in [3.05, 3.63) is 20.6 Å². The van der Waals surface area contributed by atoms with E-state index in [4.69, 9.17) is 12.2 Å². The molecule has 0 aliphatic heterocycles. The Kier molecular flexibility index (Phi) is 3.37. The van der Waals surface area contributed by atoms with Crippen molar-refractivity contribution in [2.45, 2.75) is 40.0 Å². The zero-order valence-corrected chi connectivity index (χ0v) is 14.1. The predicted molar refractivity (Wildman–Crippen MR) is 86.7 cm³/mol. The van der Waals surface area contributed by atoms with Crippen molar-refractivity contribution in [2.24, 2.45) is 18.4 Å². The molecule has 1 unspecified atom stereocenters. The van der Waals surface area contributed by atoms with Crippen LogP contribution in [0.4, 0.5) is 0 Å².